The highest BCUT2D eigenvalue weighted by atomic mass is 35.5. The summed E-state index contributed by atoms with van der Waals surface area (Å²) in [5.41, 5.74) is 0.875. The van der Waals surface area contributed by atoms with Gasteiger partial charge in [0.05, 0.1) is 6.04 Å². The Morgan fingerprint density at radius 2 is 1.65 bits per heavy atom. The Kier molecular flexibility index (Phi) is 4.96. The van der Waals surface area contributed by atoms with Crippen LogP contribution in [0.2, 0.25) is 5.02 Å². The maximum atomic E-state index is 13.7. The Hall–Kier alpha value is -1.61. The van der Waals surface area contributed by atoms with Crippen LogP contribution in [-0.2, 0) is 0 Å². The third kappa shape index (κ3) is 3.48. The zero-order valence-corrected chi connectivity index (χ0v) is 11.9. The van der Waals surface area contributed by atoms with E-state index in [1.54, 1.807) is 12.1 Å². The van der Waals surface area contributed by atoms with Crippen molar-refractivity contribution in [2.45, 2.75) is 25.8 Å². The molecule has 0 aliphatic heterocycles. The van der Waals surface area contributed by atoms with Crippen LogP contribution < -0.4 is 5.32 Å². The molecular weight excluding hydrogens is 280 g/mol. The van der Waals surface area contributed by atoms with Crippen molar-refractivity contribution in [1.29, 1.82) is 0 Å². The van der Waals surface area contributed by atoms with E-state index in [0.29, 0.717) is 5.02 Å². The third-order valence-corrected chi connectivity index (χ3v) is 3.38. The summed E-state index contributed by atoms with van der Waals surface area (Å²) < 4.78 is 27.4. The van der Waals surface area contributed by atoms with E-state index in [1.165, 1.54) is 18.2 Å². The van der Waals surface area contributed by atoms with E-state index in [1.807, 2.05) is 19.1 Å². The standard InChI is InChI=1S/C16H16ClF2N/c1-2-4-15(11-7-9-12(17)10-8-11)20-16-13(18)5-3-6-14(16)19/h3,5-10,15,20H,2,4H2,1H3. The van der Waals surface area contributed by atoms with E-state index < -0.39 is 11.6 Å². The van der Waals surface area contributed by atoms with Crippen molar-refractivity contribution in [2.75, 3.05) is 5.32 Å². The molecule has 0 amide bonds. The van der Waals surface area contributed by atoms with Gasteiger partial charge >= 0.3 is 0 Å². The van der Waals surface area contributed by atoms with Gasteiger partial charge in [-0.15, -0.1) is 0 Å². The first-order valence-electron chi connectivity index (χ1n) is 6.58. The predicted octanol–water partition coefficient (Wildman–Crippen LogP) is 5.57. The van der Waals surface area contributed by atoms with Crippen molar-refractivity contribution in [2.24, 2.45) is 0 Å². The number of rotatable bonds is 5. The molecule has 1 N–H and O–H groups in total. The fraction of sp³-hybridized carbons (Fsp3) is 0.250. The Bertz CT molecular complexity index is 549. The van der Waals surface area contributed by atoms with Gasteiger partial charge in [0.1, 0.15) is 17.3 Å². The highest BCUT2D eigenvalue weighted by Crippen LogP contribution is 2.28. The van der Waals surface area contributed by atoms with Crippen LogP contribution in [0, 0.1) is 11.6 Å². The molecule has 1 nitrogen and oxygen atoms in total. The van der Waals surface area contributed by atoms with Gasteiger partial charge in [-0.25, -0.2) is 8.78 Å². The molecule has 2 aromatic carbocycles. The highest BCUT2D eigenvalue weighted by molar-refractivity contribution is 6.30. The Balaban J connectivity index is 2.28. The lowest BCUT2D eigenvalue weighted by Gasteiger charge is -2.20. The summed E-state index contributed by atoms with van der Waals surface area (Å²) in [4.78, 5) is 0. The zero-order valence-electron chi connectivity index (χ0n) is 11.2. The Morgan fingerprint density at radius 1 is 1.05 bits per heavy atom. The average molecular weight is 296 g/mol. The van der Waals surface area contributed by atoms with Crippen LogP contribution in [0.15, 0.2) is 42.5 Å². The summed E-state index contributed by atoms with van der Waals surface area (Å²) in [5, 5.41) is 3.60. The minimum Gasteiger partial charge on any atom is -0.373 e. The Morgan fingerprint density at radius 3 is 2.20 bits per heavy atom. The lowest BCUT2D eigenvalue weighted by molar-refractivity contribution is 0.576. The van der Waals surface area contributed by atoms with Gasteiger partial charge in [-0.05, 0) is 36.2 Å². The largest absolute Gasteiger partial charge is 0.373 e. The molecule has 0 aliphatic carbocycles. The van der Waals surface area contributed by atoms with Crippen LogP contribution in [-0.4, -0.2) is 0 Å². The normalized spacial score (nSPS) is 12.2. The van der Waals surface area contributed by atoms with Crippen molar-refractivity contribution in [3.63, 3.8) is 0 Å². The first-order chi connectivity index (χ1) is 9.61. The van der Waals surface area contributed by atoms with Crippen LogP contribution >= 0.6 is 11.6 Å². The molecule has 0 heterocycles. The second kappa shape index (κ2) is 6.71. The number of hydrogen-bond donors (Lipinski definition) is 1. The Labute approximate surface area is 122 Å². The topological polar surface area (TPSA) is 12.0 Å². The fourth-order valence-electron chi connectivity index (χ4n) is 2.12. The van der Waals surface area contributed by atoms with Gasteiger partial charge in [-0.3, -0.25) is 0 Å². The van der Waals surface area contributed by atoms with E-state index in [0.717, 1.165) is 18.4 Å². The smallest absolute Gasteiger partial charge is 0.149 e. The molecule has 1 unspecified atom stereocenters. The van der Waals surface area contributed by atoms with Gasteiger partial charge in [0.25, 0.3) is 0 Å². The third-order valence-electron chi connectivity index (χ3n) is 3.13. The van der Waals surface area contributed by atoms with Gasteiger partial charge in [-0.2, -0.15) is 0 Å². The summed E-state index contributed by atoms with van der Waals surface area (Å²) in [5.74, 6) is -1.17. The number of para-hydroxylation sites is 1. The summed E-state index contributed by atoms with van der Waals surface area (Å²) in [6.45, 7) is 2.03. The molecule has 0 spiro atoms. The number of nitrogens with one attached hydrogen (secondary N) is 1. The summed E-state index contributed by atoms with van der Waals surface area (Å²) in [6.07, 6.45) is 1.67. The van der Waals surface area contributed by atoms with E-state index in [9.17, 15) is 8.78 Å². The summed E-state index contributed by atoms with van der Waals surface area (Å²) >= 11 is 5.86. The predicted molar refractivity (Wildman–Crippen MR) is 79.1 cm³/mol. The molecule has 106 valence electrons. The SMILES string of the molecule is CCCC(Nc1c(F)cccc1F)c1ccc(Cl)cc1. The molecule has 0 bridgehead atoms. The molecule has 4 heteroatoms. The number of hydrogen-bond acceptors (Lipinski definition) is 1. The van der Waals surface area contributed by atoms with Crippen LogP contribution in [0.25, 0.3) is 0 Å². The average Bonchev–Trinajstić information content (AvgIpc) is 2.43. The molecule has 0 saturated heterocycles. The maximum absolute atomic E-state index is 13.7. The molecular formula is C16H16ClF2N. The molecule has 0 fully saturated rings. The molecule has 1 atom stereocenters. The van der Waals surface area contributed by atoms with Gasteiger partial charge in [-0.1, -0.05) is 43.1 Å². The summed E-state index contributed by atoms with van der Waals surface area (Å²) in [6, 6.07) is 11.0. The first-order valence-corrected chi connectivity index (χ1v) is 6.95. The van der Waals surface area contributed by atoms with Crippen molar-refractivity contribution in [1.82, 2.24) is 0 Å². The molecule has 0 aromatic heterocycles. The van der Waals surface area contributed by atoms with Gasteiger partial charge in [0.2, 0.25) is 0 Å². The second-order valence-electron chi connectivity index (χ2n) is 4.63. The zero-order chi connectivity index (χ0) is 14.5. The van der Waals surface area contributed by atoms with Gasteiger partial charge in [0, 0.05) is 5.02 Å². The van der Waals surface area contributed by atoms with Crippen molar-refractivity contribution in [3.8, 4) is 0 Å². The van der Waals surface area contributed by atoms with Crippen LogP contribution in [0.5, 0.6) is 0 Å². The monoisotopic (exact) mass is 295 g/mol. The molecule has 20 heavy (non-hydrogen) atoms. The van der Waals surface area contributed by atoms with Crippen LogP contribution in [0.4, 0.5) is 14.5 Å². The lowest BCUT2D eigenvalue weighted by Crippen LogP contribution is -2.12. The second-order valence-corrected chi connectivity index (χ2v) is 5.07. The first kappa shape index (κ1) is 14.8. The quantitative estimate of drug-likeness (QED) is 0.760. The molecule has 0 saturated carbocycles. The van der Waals surface area contributed by atoms with Crippen LogP contribution in [0.3, 0.4) is 0 Å². The fourth-order valence-corrected chi connectivity index (χ4v) is 2.24. The molecule has 0 radical (unpaired) electrons. The van der Waals surface area contributed by atoms with Crippen molar-refractivity contribution >= 4 is 17.3 Å². The van der Waals surface area contributed by atoms with E-state index in [2.05, 4.69) is 5.32 Å². The summed E-state index contributed by atoms with van der Waals surface area (Å²) in [7, 11) is 0. The minimum atomic E-state index is -0.583. The molecule has 2 aromatic rings. The number of anilines is 1. The minimum absolute atomic E-state index is 0.0825. The van der Waals surface area contributed by atoms with Crippen molar-refractivity contribution in [3.05, 3.63) is 64.7 Å². The van der Waals surface area contributed by atoms with E-state index in [4.69, 9.17) is 11.6 Å². The molecule has 0 aliphatic rings. The number of benzene rings is 2. The van der Waals surface area contributed by atoms with Crippen LogP contribution in [0.1, 0.15) is 31.4 Å². The maximum Gasteiger partial charge on any atom is 0.149 e. The lowest BCUT2D eigenvalue weighted by atomic mass is 10.0. The number of halogens is 3. The molecule has 2 rings (SSSR count). The van der Waals surface area contributed by atoms with Crippen molar-refractivity contribution < 1.29 is 8.78 Å². The van der Waals surface area contributed by atoms with Gasteiger partial charge < -0.3 is 5.32 Å². The highest BCUT2D eigenvalue weighted by Gasteiger charge is 2.15. The van der Waals surface area contributed by atoms with E-state index >= 15 is 0 Å². The van der Waals surface area contributed by atoms with E-state index in [-0.39, 0.29) is 11.7 Å². The van der Waals surface area contributed by atoms with Gasteiger partial charge in [0.15, 0.2) is 0 Å².